The molecule has 0 aliphatic heterocycles. The van der Waals surface area contributed by atoms with Crippen molar-refractivity contribution in [2.24, 2.45) is 0 Å². The largest absolute Gasteiger partial charge is 0.466 e. The average Bonchev–Trinajstić information content (AvgIpc) is 2.56. The fraction of sp³-hybridized carbons (Fsp3) is 0.167. The van der Waals surface area contributed by atoms with E-state index in [0.29, 0.717) is 6.42 Å². The van der Waals surface area contributed by atoms with Gasteiger partial charge in [0.1, 0.15) is 17.3 Å². The zero-order chi connectivity index (χ0) is 9.97. The predicted octanol–water partition coefficient (Wildman–Crippen LogP) is 3.32. The summed E-state index contributed by atoms with van der Waals surface area (Å²) in [6, 6.07) is 10.3. The van der Waals surface area contributed by atoms with Crippen LogP contribution in [0.15, 0.2) is 40.8 Å². The lowest BCUT2D eigenvalue weighted by atomic mass is 10.1. The smallest absolute Gasteiger partial charge is 0.123 e. The Morgan fingerprint density at radius 3 is 2.36 bits per heavy atom. The molecular formula is C12H11FO. The maximum Gasteiger partial charge on any atom is 0.123 e. The summed E-state index contributed by atoms with van der Waals surface area (Å²) < 4.78 is 18.0. The van der Waals surface area contributed by atoms with E-state index in [1.807, 2.05) is 19.1 Å². The second kappa shape index (κ2) is 3.66. The minimum absolute atomic E-state index is 0.204. The Morgan fingerprint density at radius 2 is 1.79 bits per heavy atom. The number of hydrogen-bond donors (Lipinski definition) is 0. The molecule has 1 nitrogen and oxygen atoms in total. The number of furan rings is 1. The molecule has 2 heteroatoms. The fourth-order valence-electron chi connectivity index (χ4n) is 1.38. The van der Waals surface area contributed by atoms with E-state index in [-0.39, 0.29) is 5.82 Å². The first-order valence-electron chi connectivity index (χ1n) is 4.54. The zero-order valence-electron chi connectivity index (χ0n) is 7.96. The van der Waals surface area contributed by atoms with Crippen LogP contribution in [0, 0.1) is 12.7 Å². The Kier molecular flexibility index (Phi) is 2.35. The Labute approximate surface area is 82.2 Å². The highest BCUT2D eigenvalue weighted by atomic mass is 19.1. The molecule has 0 spiro atoms. The third-order valence-electron chi connectivity index (χ3n) is 2.09. The third-order valence-corrected chi connectivity index (χ3v) is 2.09. The fourth-order valence-corrected chi connectivity index (χ4v) is 1.38. The molecule has 0 aliphatic carbocycles. The van der Waals surface area contributed by atoms with E-state index in [1.54, 1.807) is 12.1 Å². The van der Waals surface area contributed by atoms with Crippen LogP contribution in [0.5, 0.6) is 0 Å². The van der Waals surface area contributed by atoms with Gasteiger partial charge in [0.2, 0.25) is 0 Å². The summed E-state index contributed by atoms with van der Waals surface area (Å²) in [6.45, 7) is 1.91. The van der Waals surface area contributed by atoms with Gasteiger partial charge in [-0.15, -0.1) is 0 Å². The van der Waals surface area contributed by atoms with E-state index >= 15 is 0 Å². The Bertz CT molecular complexity index is 414. The van der Waals surface area contributed by atoms with E-state index < -0.39 is 0 Å². The van der Waals surface area contributed by atoms with Crippen molar-refractivity contribution < 1.29 is 8.81 Å². The predicted molar refractivity (Wildman–Crippen MR) is 52.7 cm³/mol. The number of benzene rings is 1. The normalized spacial score (nSPS) is 10.4. The van der Waals surface area contributed by atoms with Crippen molar-refractivity contribution in [2.45, 2.75) is 13.3 Å². The number of aryl methyl sites for hydroxylation is 1. The molecule has 0 saturated carbocycles. The maximum absolute atomic E-state index is 12.6. The van der Waals surface area contributed by atoms with Crippen molar-refractivity contribution >= 4 is 0 Å². The molecule has 0 atom stereocenters. The molecule has 14 heavy (non-hydrogen) atoms. The maximum atomic E-state index is 12.6. The lowest BCUT2D eigenvalue weighted by Crippen LogP contribution is -1.85. The minimum atomic E-state index is -0.204. The van der Waals surface area contributed by atoms with Crippen LogP contribution in [0.2, 0.25) is 0 Å². The second-order valence-electron chi connectivity index (χ2n) is 3.32. The summed E-state index contributed by atoms with van der Waals surface area (Å²) in [5.41, 5.74) is 1.06. The molecular weight excluding hydrogens is 179 g/mol. The Morgan fingerprint density at radius 1 is 1.07 bits per heavy atom. The van der Waals surface area contributed by atoms with Crippen molar-refractivity contribution in [3.8, 4) is 0 Å². The molecule has 1 aromatic carbocycles. The average molecular weight is 190 g/mol. The van der Waals surface area contributed by atoms with Gasteiger partial charge in [-0.05, 0) is 36.8 Å². The summed E-state index contributed by atoms with van der Waals surface area (Å²) >= 11 is 0. The summed E-state index contributed by atoms with van der Waals surface area (Å²) in [5.74, 6) is 1.61. The van der Waals surface area contributed by atoms with Crippen LogP contribution in [0.25, 0.3) is 0 Å². The van der Waals surface area contributed by atoms with Crippen molar-refractivity contribution in [3.05, 3.63) is 59.3 Å². The van der Waals surface area contributed by atoms with Crippen molar-refractivity contribution in [1.82, 2.24) is 0 Å². The molecule has 0 fully saturated rings. The zero-order valence-corrected chi connectivity index (χ0v) is 7.96. The van der Waals surface area contributed by atoms with E-state index in [2.05, 4.69) is 0 Å². The monoisotopic (exact) mass is 190 g/mol. The lowest BCUT2D eigenvalue weighted by molar-refractivity contribution is 0.493. The van der Waals surface area contributed by atoms with Crippen LogP contribution >= 0.6 is 0 Å². The quantitative estimate of drug-likeness (QED) is 0.708. The summed E-state index contributed by atoms with van der Waals surface area (Å²) in [7, 11) is 0. The lowest BCUT2D eigenvalue weighted by Gasteiger charge is -1.97. The van der Waals surface area contributed by atoms with Gasteiger partial charge < -0.3 is 4.42 Å². The summed E-state index contributed by atoms with van der Waals surface area (Å²) in [5, 5.41) is 0. The van der Waals surface area contributed by atoms with Gasteiger partial charge in [0.25, 0.3) is 0 Å². The van der Waals surface area contributed by atoms with Gasteiger partial charge in [0.05, 0.1) is 0 Å². The van der Waals surface area contributed by atoms with Gasteiger partial charge in [0.15, 0.2) is 0 Å². The van der Waals surface area contributed by atoms with E-state index in [9.17, 15) is 4.39 Å². The number of halogens is 1. The molecule has 72 valence electrons. The Hall–Kier alpha value is -1.57. The van der Waals surface area contributed by atoms with Crippen LogP contribution < -0.4 is 0 Å². The molecule has 1 aromatic heterocycles. The first-order chi connectivity index (χ1) is 6.74. The number of rotatable bonds is 2. The molecule has 0 bridgehead atoms. The van der Waals surface area contributed by atoms with E-state index in [4.69, 9.17) is 4.42 Å². The third kappa shape index (κ3) is 2.02. The first-order valence-corrected chi connectivity index (χ1v) is 4.54. The Balaban J connectivity index is 2.15. The minimum Gasteiger partial charge on any atom is -0.466 e. The molecule has 0 saturated heterocycles. The highest BCUT2D eigenvalue weighted by molar-refractivity contribution is 5.21. The highest BCUT2D eigenvalue weighted by Crippen LogP contribution is 2.12. The molecule has 0 unspecified atom stereocenters. The SMILES string of the molecule is Cc1ccc(Cc2ccc(F)cc2)o1. The van der Waals surface area contributed by atoms with Crippen molar-refractivity contribution in [3.63, 3.8) is 0 Å². The van der Waals surface area contributed by atoms with Crippen LogP contribution in [-0.4, -0.2) is 0 Å². The first kappa shape index (κ1) is 9.00. The van der Waals surface area contributed by atoms with Crippen LogP contribution in [0.3, 0.4) is 0 Å². The molecule has 2 rings (SSSR count). The molecule has 0 N–H and O–H groups in total. The topological polar surface area (TPSA) is 13.1 Å². The summed E-state index contributed by atoms with van der Waals surface area (Å²) in [4.78, 5) is 0. The van der Waals surface area contributed by atoms with Gasteiger partial charge in [-0.25, -0.2) is 4.39 Å². The van der Waals surface area contributed by atoms with Gasteiger partial charge in [-0.2, -0.15) is 0 Å². The summed E-state index contributed by atoms with van der Waals surface area (Å²) in [6.07, 6.45) is 0.716. The molecule has 0 aliphatic rings. The molecule has 0 amide bonds. The van der Waals surface area contributed by atoms with Gasteiger partial charge >= 0.3 is 0 Å². The van der Waals surface area contributed by atoms with Gasteiger partial charge in [0, 0.05) is 6.42 Å². The van der Waals surface area contributed by atoms with E-state index in [0.717, 1.165) is 17.1 Å². The van der Waals surface area contributed by atoms with E-state index in [1.165, 1.54) is 12.1 Å². The van der Waals surface area contributed by atoms with Crippen LogP contribution in [0.1, 0.15) is 17.1 Å². The number of hydrogen-bond acceptors (Lipinski definition) is 1. The molecule has 0 radical (unpaired) electrons. The molecule has 2 aromatic rings. The highest BCUT2D eigenvalue weighted by Gasteiger charge is 2.00. The van der Waals surface area contributed by atoms with Gasteiger partial charge in [-0.3, -0.25) is 0 Å². The standard InChI is InChI=1S/C12H11FO/c1-9-2-7-12(14-9)8-10-3-5-11(13)6-4-10/h2-7H,8H2,1H3. The van der Waals surface area contributed by atoms with Crippen molar-refractivity contribution in [2.75, 3.05) is 0 Å². The van der Waals surface area contributed by atoms with Crippen molar-refractivity contribution in [1.29, 1.82) is 0 Å². The van der Waals surface area contributed by atoms with Crippen LogP contribution in [-0.2, 0) is 6.42 Å². The second-order valence-corrected chi connectivity index (χ2v) is 3.32. The van der Waals surface area contributed by atoms with Crippen LogP contribution in [0.4, 0.5) is 4.39 Å². The molecule has 1 heterocycles. The van der Waals surface area contributed by atoms with Gasteiger partial charge in [-0.1, -0.05) is 12.1 Å².